The summed E-state index contributed by atoms with van der Waals surface area (Å²) in [5.41, 5.74) is 5.92. The number of benzene rings is 1. The Morgan fingerprint density at radius 1 is 1.12 bits per heavy atom. The maximum Gasteiger partial charge on any atom is 0.161 e. The number of halogens is 3. The standard InChI is InChI=1S/C12H17F3N2/c1-17(2)4-3-9(16)5-8-6-11(14)12(15)7-10(8)13/h6-7,9H,3-5,16H2,1-2H3/t9-/m0/s1. The lowest BCUT2D eigenvalue weighted by Crippen LogP contribution is -2.28. The normalized spacial score (nSPS) is 13.1. The minimum absolute atomic E-state index is 0.121. The van der Waals surface area contributed by atoms with Crippen LogP contribution < -0.4 is 5.73 Å². The average Bonchev–Trinajstić information content (AvgIpc) is 2.23. The number of rotatable bonds is 5. The average molecular weight is 246 g/mol. The van der Waals surface area contributed by atoms with Crippen molar-refractivity contribution in [3.05, 3.63) is 35.1 Å². The van der Waals surface area contributed by atoms with Gasteiger partial charge in [0, 0.05) is 12.1 Å². The first-order chi connectivity index (χ1) is 7.90. The summed E-state index contributed by atoms with van der Waals surface area (Å²) in [6.07, 6.45) is 0.877. The van der Waals surface area contributed by atoms with Gasteiger partial charge in [-0.25, -0.2) is 13.2 Å². The Bertz CT molecular complexity index is 380. The second kappa shape index (κ2) is 6.02. The highest BCUT2D eigenvalue weighted by atomic mass is 19.2. The summed E-state index contributed by atoms with van der Waals surface area (Å²) in [6, 6.07) is 1.17. The van der Waals surface area contributed by atoms with E-state index in [-0.39, 0.29) is 18.0 Å². The van der Waals surface area contributed by atoms with Crippen LogP contribution >= 0.6 is 0 Å². The summed E-state index contributed by atoms with van der Waals surface area (Å²) >= 11 is 0. The lowest BCUT2D eigenvalue weighted by atomic mass is 10.0. The Hall–Kier alpha value is -1.07. The fourth-order valence-corrected chi connectivity index (χ4v) is 1.53. The van der Waals surface area contributed by atoms with Crippen molar-refractivity contribution in [2.45, 2.75) is 18.9 Å². The van der Waals surface area contributed by atoms with Gasteiger partial charge in [0.15, 0.2) is 11.6 Å². The predicted molar refractivity (Wildman–Crippen MR) is 61.2 cm³/mol. The highest BCUT2D eigenvalue weighted by molar-refractivity contribution is 5.21. The number of nitrogens with two attached hydrogens (primary N) is 1. The largest absolute Gasteiger partial charge is 0.327 e. The van der Waals surface area contributed by atoms with Crippen LogP contribution in [0.15, 0.2) is 12.1 Å². The van der Waals surface area contributed by atoms with Gasteiger partial charge >= 0.3 is 0 Å². The van der Waals surface area contributed by atoms with Crippen molar-refractivity contribution in [2.24, 2.45) is 5.73 Å². The first-order valence-corrected chi connectivity index (χ1v) is 5.44. The van der Waals surface area contributed by atoms with Crippen molar-refractivity contribution >= 4 is 0 Å². The first-order valence-electron chi connectivity index (χ1n) is 5.44. The second-order valence-corrected chi connectivity index (χ2v) is 4.41. The summed E-state index contributed by atoms with van der Waals surface area (Å²) in [4.78, 5) is 1.96. The van der Waals surface area contributed by atoms with E-state index < -0.39 is 17.5 Å². The van der Waals surface area contributed by atoms with Gasteiger partial charge in [-0.3, -0.25) is 0 Å². The molecule has 0 aliphatic carbocycles. The zero-order valence-corrected chi connectivity index (χ0v) is 10.0. The molecule has 2 N–H and O–H groups in total. The monoisotopic (exact) mass is 246 g/mol. The Labute approximate surface area is 99.2 Å². The number of hydrogen-bond acceptors (Lipinski definition) is 2. The molecule has 1 aromatic rings. The molecule has 1 atom stereocenters. The zero-order chi connectivity index (χ0) is 13.0. The van der Waals surface area contributed by atoms with E-state index in [9.17, 15) is 13.2 Å². The molecular weight excluding hydrogens is 229 g/mol. The molecule has 0 amide bonds. The SMILES string of the molecule is CN(C)CC[C@H](N)Cc1cc(F)c(F)cc1F. The van der Waals surface area contributed by atoms with Crippen molar-refractivity contribution in [1.82, 2.24) is 4.90 Å². The topological polar surface area (TPSA) is 29.3 Å². The van der Waals surface area contributed by atoms with E-state index in [0.717, 1.165) is 12.6 Å². The zero-order valence-electron chi connectivity index (χ0n) is 10.0. The van der Waals surface area contributed by atoms with Crippen LogP contribution in [0.1, 0.15) is 12.0 Å². The highest BCUT2D eigenvalue weighted by Crippen LogP contribution is 2.15. The van der Waals surface area contributed by atoms with E-state index in [0.29, 0.717) is 12.5 Å². The van der Waals surface area contributed by atoms with Gasteiger partial charge in [0.2, 0.25) is 0 Å². The van der Waals surface area contributed by atoms with E-state index >= 15 is 0 Å². The van der Waals surface area contributed by atoms with E-state index in [2.05, 4.69) is 0 Å². The molecule has 17 heavy (non-hydrogen) atoms. The van der Waals surface area contributed by atoms with Gasteiger partial charge in [0.25, 0.3) is 0 Å². The van der Waals surface area contributed by atoms with Crippen LogP contribution in [0.25, 0.3) is 0 Å². The van der Waals surface area contributed by atoms with Crippen molar-refractivity contribution < 1.29 is 13.2 Å². The summed E-state index contributed by atoms with van der Waals surface area (Å²) in [6.45, 7) is 0.770. The second-order valence-electron chi connectivity index (χ2n) is 4.41. The fourth-order valence-electron chi connectivity index (χ4n) is 1.53. The van der Waals surface area contributed by atoms with Crippen molar-refractivity contribution in [2.75, 3.05) is 20.6 Å². The molecule has 0 saturated carbocycles. The van der Waals surface area contributed by atoms with E-state index in [4.69, 9.17) is 5.73 Å². The molecule has 0 heterocycles. The van der Waals surface area contributed by atoms with Crippen molar-refractivity contribution in [1.29, 1.82) is 0 Å². The molecule has 0 aromatic heterocycles. The summed E-state index contributed by atoms with van der Waals surface area (Å²) in [5.74, 6) is -2.96. The molecule has 5 heteroatoms. The number of nitrogens with zero attached hydrogens (tertiary/aromatic N) is 1. The lowest BCUT2D eigenvalue weighted by Gasteiger charge is -2.15. The van der Waals surface area contributed by atoms with Crippen LogP contribution in [0, 0.1) is 17.5 Å². The lowest BCUT2D eigenvalue weighted by molar-refractivity contribution is 0.378. The minimum Gasteiger partial charge on any atom is -0.327 e. The fraction of sp³-hybridized carbons (Fsp3) is 0.500. The maximum atomic E-state index is 13.3. The molecule has 0 fully saturated rings. The first kappa shape index (κ1) is 14.0. The molecule has 0 spiro atoms. The molecule has 2 nitrogen and oxygen atoms in total. The van der Waals surface area contributed by atoms with Crippen molar-refractivity contribution in [3.63, 3.8) is 0 Å². The molecule has 0 aliphatic rings. The van der Waals surface area contributed by atoms with Gasteiger partial charge in [-0.2, -0.15) is 0 Å². The van der Waals surface area contributed by atoms with Crippen LogP contribution in [-0.4, -0.2) is 31.6 Å². The van der Waals surface area contributed by atoms with Crippen molar-refractivity contribution in [3.8, 4) is 0 Å². The molecule has 1 rings (SSSR count). The highest BCUT2D eigenvalue weighted by Gasteiger charge is 2.13. The van der Waals surface area contributed by atoms with Crippen LogP contribution in [0.4, 0.5) is 13.2 Å². The van der Waals surface area contributed by atoms with E-state index in [1.54, 1.807) is 0 Å². The Kier molecular flexibility index (Phi) is 4.96. The van der Waals surface area contributed by atoms with Crippen LogP contribution in [0.5, 0.6) is 0 Å². The van der Waals surface area contributed by atoms with Gasteiger partial charge in [-0.05, 0) is 45.1 Å². The summed E-state index contributed by atoms with van der Waals surface area (Å²) < 4.78 is 38.9. The summed E-state index contributed by atoms with van der Waals surface area (Å²) in [7, 11) is 3.82. The third kappa shape index (κ3) is 4.36. The molecule has 0 aliphatic heterocycles. The third-order valence-corrected chi connectivity index (χ3v) is 2.52. The molecule has 0 unspecified atom stereocenters. The van der Waals surface area contributed by atoms with E-state index in [1.165, 1.54) is 0 Å². The summed E-state index contributed by atoms with van der Waals surface area (Å²) in [5, 5.41) is 0. The maximum absolute atomic E-state index is 13.3. The number of hydrogen-bond donors (Lipinski definition) is 1. The predicted octanol–water partition coefficient (Wildman–Crippen LogP) is 1.93. The van der Waals surface area contributed by atoms with Gasteiger partial charge < -0.3 is 10.6 Å². The van der Waals surface area contributed by atoms with E-state index in [1.807, 2.05) is 19.0 Å². The van der Waals surface area contributed by atoms with Gasteiger partial charge in [0.05, 0.1) is 0 Å². The Morgan fingerprint density at radius 2 is 1.71 bits per heavy atom. The van der Waals surface area contributed by atoms with Gasteiger partial charge in [0.1, 0.15) is 5.82 Å². The molecule has 96 valence electrons. The van der Waals surface area contributed by atoms with Gasteiger partial charge in [-0.1, -0.05) is 0 Å². The molecule has 0 bridgehead atoms. The van der Waals surface area contributed by atoms with Crippen LogP contribution in [0.2, 0.25) is 0 Å². The molecular formula is C12H17F3N2. The molecule has 1 aromatic carbocycles. The quantitative estimate of drug-likeness (QED) is 0.804. The molecule has 0 radical (unpaired) electrons. The Morgan fingerprint density at radius 3 is 2.29 bits per heavy atom. The molecule has 0 saturated heterocycles. The van der Waals surface area contributed by atoms with Gasteiger partial charge in [-0.15, -0.1) is 0 Å². The Balaban J connectivity index is 2.65. The van der Waals surface area contributed by atoms with Crippen LogP contribution in [-0.2, 0) is 6.42 Å². The smallest absolute Gasteiger partial charge is 0.161 e. The van der Waals surface area contributed by atoms with Crippen LogP contribution in [0.3, 0.4) is 0 Å². The minimum atomic E-state index is -1.17. The third-order valence-electron chi connectivity index (χ3n) is 2.52.